The maximum absolute atomic E-state index is 13.1. The fraction of sp³-hybridized carbons (Fsp3) is 0.286. The van der Waals surface area contributed by atoms with Crippen molar-refractivity contribution in [3.63, 3.8) is 0 Å². The second-order valence-electron chi connectivity index (χ2n) is 6.44. The van der Waals surface area contributed by atoms with E-state index >= 15 is 0 Å². The molecule has 0 bridgehead atoms. The molecule has 0 spiro atoms. The molecule has 140 valence electrons. The highest BCUT2D eigenvalue weighted by atomic mass is 19.1. The number of hydrogen-bond donors (Lipinski definition) is 0. The van der Waals surface area contributed by atoms with Crippen LogP contribution in [0.5, 0.6) is 0 Å². The Hall–Kier alpha value is -2.86. The van der Waals surface area contributed by atoms with Gasteiger partial charge in [-0.1, -0.05) is 30.3 Å². The first-order valence-corrected chi connectivity index (χ1v) is 8.85. The highest BCUT2D eigenvalue weighted by Gasteiger charge is 2.39. The van der Waals surface area contributed by atoms with Crippen molar-refractivity contribution in [2.75, 3.05) is 13.1 Å². The second-order valence-corrected chi connectivity index (χ2v) is 6.44. The van der Waals surface area contributed by atoms with Gasteiger partial charge in [-0.05, 0) is 55.8 Å². The minimum Gasteiger partial charge on any atom is -0.459 e. The molecule has 2 aromatic rings. The third kappa shape index (κ3) is 4.65. The van der Waals surface area contributed by atoms with Gasteiger partial charge < -0.3 is 4.74 Å². The lowest BCUT2D eigenvalue weighted by Crippen LogP contribution is -2.49. The van der Waals surface area contributed by atoms with Gasteiger partial charge in [-0.15, -0.1) is 0 Å². The van der Waals surface area contributed by atoms with E-state index in [1.807, 2.05) is 30.3 Å². The fourth-order valence-corrected chi connectivity index (χ4v) is 3.10. The molecule has 5 nitrogen and oxygen atoms in total. The fourth-order valence-electron chi connectivity index (χ4n) is 3.10. The zero-order chi connectivity index (χ0) is 19.2. The number of hydrogen-bond acceptors (Lipinski definition) is 5. The maximum Gasteiger partial charge on any atom is 0.332 e. The molecular formula is C21H20FNO4. The van der Waals surface area contributed by atoms with E-state index in [1.165, 1.54) is 12.1 Å². The summed E-state index contributed by atoms with van der Waals surface area (Å²) in [6, 6.07) is 12.6. The number of carbonyl (C=O) groups is 3. The molecule has 6 heteroatoms. The molecule has 2 aromatic carbocycles. The normalized spacial score (nSPS) is 15.3. The van der Waals surface area contributed by atoms with Gasteiger partial charge in [0.2, 0.25) is 11.6 Å². The summed E-state index contributed by atoms with van der Waals surface area (Å²) in [6.07, 6.45) is 1.70. The van der Waals surface area contributed by atoms with Crippen LogP contribution in [-0.2, 0) is 20.9 Å². The van der Waals surface area contributed by atoms with E-state index in [1.54, 1.807) is 4.90 Å². The largest absolute Gasteiger partial charge is 0.459 e. The smallest absolute Gasteiger partial charge is 0.332 e. The molecule has 1 saturated heterocycles. The van der Waals surface area contributed by atoms with Crippen molar-refractivity contribution in [2.45, 2.75) is 25.5 Å². The molecule has 0 N–H and O–H groups in total. The van der Waals surface area contributed by atoms with Gasteiger partial charge in [-0.2, -0.15) is 0 Å². The first-order chi connectivity index (χ1) is 13.1. The average molecular weight is 369 g/mol. The second kappa shape index (κ2) is 8.68. The summed E-state index contributed by atoms with van der Waals surface area (Å²) in [5, 5.41) is 0. The van der Waals surface area contributed by atoms with Gasteiger partial charge in [0.25, 0.3) is 0 Å². The Morgan fingerprint density at radius 1 is 0.963 bits per heavy atom. The van der Waals surface area contributed by atoms with Crippen molar-refractivity contribution in [2.24, 2.45) is 0 Å². The van der Waals surface area contributed by atoms with Crippen LogP contribution in [0.2, 0.25) is 0 Å². The van der Waals surface area contributed by atoms with Crippen LogP contribution in [-0.4, -0.2) is 41.6 Å². The van der Waals surface area contributed by atoms with Crippen LogP contribution in [0.15, 0.2) is 54.6 Å². The molecule has 1 unspecified atom stereocenters. The zero-order valence-electron chi connectivity index (χ0n) is 14.8. The number of likely N-dealkylation sites (tertiary alicyclic amines) is 1. The van der Waals surface area contributed by atoms with Crippen LogP contribution in [0.25, 0.3) is 0 Å². The summed E-state index contributed by atoms with van der Waals surface area (Å²) in [5.74, 6) is -2.90. The van der Waals surface area contributed by atoms with Crippen molar-refractivity contribution >= 4 is 17.5 Å². The Morgan fingerprint density at radius 3 is 2.22 bits per heavy atom. The summed E-state index contributed by atoms with van der Waals surface area (Å²) < 4.78 is 18.4. The van der Waals surface area contributed by atoms with Crippen LogP contribution in [0.1, 0.15) is 28.8 Å². The summed E-state index contributed by atoms with van der Waals surface area (Å²) in [4.78, 5) is 39.6. The highest BCUT2D eigenvalue weighted by Crippen LogP contribution is 2.17. The van der Waals surface area contributed by atoms with Gasteiger partial charge in [0.05, 0.1) is 0 Å². The average Bonchev–Trinajstić information content (AvgIpc) is 3.21. The number of ketones is 2. The number of carbonyl (C=O) groups excluding carboxylic acids is 3. The van der Waals surface area contributed by atoms with Crippen molar-refractivity contribution < 1.29 is 23.5 Å². The van der Waals surface area contributed by atoms with E-state index in [9.17, 15) is 18.8 Å². The van der Waals surface area contributed by atoms with E-state index in [2.05, 4.69) is 0 Å². The van der Waals surface area contributed by atoms with E-state index in [-0.39, 0.29) is 12.2 Å². The molecule has 1 atom stereocenters. The van der Waals surface area contributed by atoms with Crippen LogP contribution in [0.4, 0.5) is 4.39 Å². The number of Topliss-reactive ketones (excluding diaryl/α,β-unsaturated/α-hetero) is 2. The van der Waals surface area contributed by atoms with Crippen molar-refractivity contribution in [1.29, 1.82) is 0 Å². The minimum absolute atomic E-state index is 0.0298. The summed E-state index contributed by atoms with van der Waals surface area (Å²) >= 11 is 0. The topological polar surface area (TPSA) is 63.7 Å². The number of nitrogens with zero attached hydrogens (tertiary/aromatic N) is 1. The standard InChI is InChI=1S/C21H20FNO4/c22-17-10-8-16(9-11-17)19(24)20(25)18(23-12-4-5-13-23)21(26)27-14-15-6-2-1-3-7-15/h1-3,6-11,18H,4-5,12-14H2. The molecule has 1 aliphatic rings. The number of rotatable bonds is 7. The molecule has 0 saturated carbocycles. The molecule has 1 heterocycles. The van der Waals surface area contributed by atoms with E-state index in [4.69, 9.17) is 4.74 Å². The quantitative estimate of drug-likeness (QED) is 0.325. The molecule has 0 aromatic heterocycles. The molecule has 0 amide bonds. The third-order valence-electron chi connectivity index (χ3n) is 4.53. The van der Waals surface area contributed by atoms with Gasteiger partial charge in [-0.25, -0.2) is 9.18 Å². The lowest BCUT2D eigenvalue weighted by Gasteiger charge is -2.24. The third-order valence-corrected chi connectivity index (χ3v) is 4.53. The van der Waals surface area contributed by atoms with Gasteiger partial charge in [0.15, 0.2) is 6.04 Å². The summed E-state index contributed by atoms with van der Waals surface area (Å²) in [6.45, 7) is 1.13. The van der Waals surface area contributed by atoms with Crippen molar-refractivity contribution in [3.05, 3.63) is 71.5 Å². The van der Waals surface area contributed by atoms with Gasteiger partial charge in [0.1, 0.15) is 12.4 Å². The van der Waals surface area contributed by atoms with Gasteiger partial charge in [-0.3, -0.25) is 14.5 Å². The SMILES string of the molecule is O=C(C(=O)C(C(=O)OCc1ccccc1)N1CCCC1)c1ccc(F)cc1. The monoisotopic (exact) mass is 369 g/mol. The molecule has 1 aliphatic heterocycles. The predicted octanol–water partition coefficient (Wildman–Crippen LogP) is 2.79. The number of esters is 1. The van der Waals surface area contributed by atoms with Crippen molar-refractivity contribution in [3.8, 4) is 0 Å². The summed E-state index contributed by atoms with van der Waals surface area (Å²) in [7, 11) is 0. The maximum atomic E-state index is 13.1. The Bertz CT molecular complexity index is 814. The first-order valence-electron chi connectivity index (χ1n) is 8.85. The molecule has 0 aliphatic carbocycles. The molecule has 0 radical (unpaired) electrons. The highest BCUT2D eigenvalue weighted by molar-refractivity contribution is 6.48. The van der Waals surface area contributed by atoms with Crippen molar-refractivity contribution in [1.82, 2.24) is 4.90 Å². The summed E-state index contributed by atoms with van der Waals surface area (Å²) in [5.41, 5.74) is 0.852. The molecule has 27 heavy (non-hydrogen) atoms. The Labute approximate surface area is 156 Å². The van der Waals surface area contributed by atoms with Gasteiger partial charge in [0, 0.05) is 5.56 Å². The number of halogens is 1. The van der Waals surface area contributed by atoms with E-state index in [0.717, 1.165) is 30.5 Å². The molecule has 3 rings (SSSR count). The zero-order valence-corrected chi connectivity index (χ0v) is 14.8. The molecule has 1 fully saturated rings. The predicted molar refractivity (Wildman–Crippen MR) is 96.6 cm³/mol. The van der Waals surface area contributed by atoms with Crippen LogP contribution >= 0.6 is 0 Å². The van der Waals surface area contributed by atoms with Crippen LogP contribution in [0.3, 0.4) is 0 Å². The minimum atomic E-state index is -1.27. The Balaban J connectivity index is 1.75. The number of ether oxygens (including phenoxy) is 1. The Kier molecular flexibility index (Phi) is 6.08. The lowest BCUT2D eigenvalue weighted by molar-refractivity contribution is -0.153. The number of benzene rings is 2. The van der Waals surface area contributed by atoms with Crippen LogP contribution < -0.4 is 0 Å². The van der Waals surface area contributed by atoms with E-state index < -0.39 is 29.4 Å². The lowest BCUT2D eigenvalue weighted by atomic mass is 10.0. The Morgan fingerprint density at radius 2 is 1.59 bits per heavy atom. The first kappa shape index (κ1) is 18.9. The van der Waals surface area contributed by atoms with Crippen LogP contribution in [0, 0.1) is 5.82 Å². The van der Waals surface area contributed by atoms with Gasteiger partial charge >= 0.3 is 5.97 Å². The molecular weight excluding hydrogens is 349 g/mol. The van der Waals surface area contributed by atoms with E-state index in [0.29, 0.717) is 13.1 Å².